The van der Waals surface area contributed by atoms with E-state index in [9.17, 15) is 14.4 Å². The number of imide groups is 1. The molecule has 1 unspecified atom stereocenters. The Morgan fingerprint density at radius 3 is 2.42 bits per heavy atom. The molecule has 2 aromatic carbocycles. The molecule has 1 aliphatic rings. The summed E-state index contributed by atoms with van der Waals surface area (Å²) in [5, 5.41) is 5.82. The maximum absolute atomic E-state index is 13.3. The fourth-order valence-corrected chi connectivity index (χ4v) is 3.84. The van der Waals surface area contributed by atoms with Crippen molar-refractivity contribution in [1.82, 2.24) is 10.2 Å². The topological polar surface area (TPSA) is 97.0 Å². The number of amides is 4. The fourth-order valence-electron chi connectivity index (χ4n) is 3.66. The largest absolute Gasteiger partial charge is 0.496 e. The third-order valence-corrected chi connectivity index (χ3v) is 5.57. The minimum absolute atomic E-state index is 0.323. The number of ether oxygens (including phenoxy) is 2. The maximum Gasteiger partial charge on any atom is 0.325 e. The van der Waals surface area contributed by atoms with Crippen LogP contribution >= 0.6 is 11.6 Å². The van der Waals surface area contributed by atoms with Gasteiger partial charge in [-0.05, 0) is 54.8 Å². The summed E-state index contributed by atoms with van der Waals surface area (Å²) in [5.74, 6) is 0.0460. The van der Waals surface area contributed by atoms with Crippen LogP contribution in [0.15, 0.2) is 36.4 Å². The second-order valence-corrected chi connectivity index (χ2v) is 7.59. The number of carbonyl (C=O) groups excluding carboxylic acids is 3. The van der Waals surface area contributed by atoms with Crippen LogP contribution < -0.4 is 20.1 Å². The Morgan fingerprint density at radius 1 is 1.13 bits per heavy atom. The van der Waals surface area contributed by atoms with E-state index in [0.717, 1.165) is 10.5 Å². The third-order valence-electron chi connectivity index (χ3n) is 5.33. The van der Waals surface area contributed by atoms with Gasteiger partial charge in [-0.25, -0.2) is 4.79 Å². The molecule has 1 atom stereocenters. The second kappa shape index (κ2) is 8.85. The number of hydrogen-bond acceptors (Lipinski definition) is 5. The summed E-state index contributed by atoms with van der Waals surface area (Å²) < 4.78 is 10.5. The first kappa shape index (κ1) is 22.4. The molecule has 9 heteroatoms. The van der Waals surface area contributed by atoms with E-state index in [0.29, 0.717) is 34.2 Å². The highest BCUT2D eigenvalue weighted by molar-refractivity contribution is 6.31. The molecular formula is C22H24ClN3O5. The molecule has 8 nitrogen and oxygen atoms in total. The minimum Gasteiger partial charge on any atom is -0.496 e. The molecule has 1 heterocycles. The summed E-state index contributed by atoms with van der Waals surface area (Å²) in [4.78, 5) is 39.5. The zero-order chi connectivity index (χ0) is 22.8. The molecule has 2 N–H and O–H groups in total. The molecule has 1 fully saturated rings. The average Bonchev–Trinajstić information content (AvgIpc) is 2.99. The van der Waals surface area contributed by atoms with Crippen molar-refractivity contribution in [1.29, 1.82) is 0 Å². The average molecular weight is 446 g/mol. The number of halogens is 1. The van der Waals surface area contributed by atoms with Crippen LogP contribution in [0.3, 0.4) is 0 Å². The van der Waals surface area contributed by atoms with Crippen LogP contribution in [0.5, 0.6) is 11.5 Å². The number of methoxy groups -OCH3 is 2. The lowest BCUT2D eigenvalue weighted by molar-refractivity contribution is -0.134. The van der Waals surface area contributed by atoms with Gasteiger partial charge in [0.15, 0.2) is 0 Å². The number of aryl methyl sites for hydroxylation is 1. The smallest absolute Gasteiger partial charge is 0.325 e. The van der Waals surface area contributed by atoms with E-state index in [1.165, 1.54) is 13.2 Å². The highest BCUT2D eigenvalue weighted by Crippen LogP contribution is 2.35. The van der Waals surface area contributed by atoms with Gasteiger partial charge in [-0.2, -0.15) is 0 Å². The van der Waals surface area contributed by atoms with Gasteiger partial charge in [0.25, 0.3) is 5.91 Å². The van der Waals surface area contributed by atoms with Crippen LogP contribution in [-0.2, 0) is 15.1 Å². The molecule has 0 spiro atoms. The number of anilines is 1. The number of benzene rings is 2. The molecule has 0 saturated carbocycles. The fraction of sp³-hybridized carbons (Fsp3) is 0.318. The lowest BCUT2D eigenvalue weighted by Crippen LogP contribution is -2.44. The zero-order valence-corrected chi connectivity index (χ0v) is 18.5. The Labute approximate surface area is 185 Å². The van der Waals surface area contributed by atoms with Crippen molar-refractivity contribution < 1.29 is 23.9 Å². The van der Waals surface area contributed by atoms with E-state index in [2.05, 4.69) is 10.6 Å². The molecule has 31 heavy (non-hydrogen) atoms. The van der Waals surface area contributed by atoms with Gasteiger partial charge in [0.2, 0.25) is 5.91 Å². The van der Waals surface area contributed by atoms with Gasteiger partial charge in [0.05, 0.1) is 19.9 Å². The van der Waals surface area contributed by atoms with Crippen LogP contribution in [-0.4, -0.2) is 43.5 Å². The molecular weight excluding hydrogens is 422 g/mol. The SMILES string of the molecule is CCC1(c2ccc(OC)c(C)c2)NC(=O)N(CC(=O)Nc2cc(Cl)ccc2OC)C1=O. The molecule has 164 valence electrons. The van der Waals surface area contributed by atoms with E-state index >= 15 is 0 Å². The monoisotopic (exact) mass is 445 g/mol. The molecule has 1 aliphatic heterocycles. The van der Waals surface area contributed by atoms with Gasteiger partial charge in [0, 0.05) is 5.02 Å². The summed E-state index contributed by atoms with van der Waals surface area (Å²) in [6, 6.07) is 9.44. The number of rotatable bonds is 7. The number of urea groups is 1. The number of nitrogens with one attached hydrogen (secondary N) is 2. The van der Waals surface area contributed by atoms with Crippen LogP contribution in [0, 0.1) is 6.92 Å². The van der Waals surface area contributed by atoms with Gasteiger partial charge >= 0.3 is 6.03 Å². The van der Waals surface area contributed by atoms with Gasteiger partial charge in [-0.3, -0.25) is 14.5 Å². The normalized spacial score (nSPS) is 18.0. The zero-order valence-electron chi connectivity index (χ0n) is 17.7. The van der Waals surface area contributed by atoms with Crippen LogP contribution in [0.2, 0.25) is 5.02 Å². The maximum atomic E-state index is 13.3. The predicted octanol–water partition coefficient (Wildman–Crippen LogP) is 3.46. The standard InChI is InChI=1S/C22H24ClN3O5/c1-5-22(14-6-8-17(30-3)13(2)10-14)20(28)26(21(29)25-22)12-19(27)24-16-11-15(23)7-9-18(16)31-4/h6-11H,5,12H2,1-4H3,(H,24,27)(H,25,29). The summed E-state index contributed by atoms with van der Waals surface area (Å²) in [6.45, 7) is 3.21. The number of nitrogens with zero attached hydrogens (tertiary/aromatic N) is 1. The molecule has 4 amide bonds. The van der Waals surface area contributed by atoms with Crippen molar-refractivity contribution in [3.8, 4) is 11.5 Å². The Bertz CT molecular complexity index is 1040. The summed E-state index contributed by atoms with van der Waals surface area (Å²) in [7, 11) is 3.03. The first-order valence-electron chi connectivity index (χ1n) is 9.68. The van der Waals surface area contributed by atoms with Crippen molar-refractivity contribution >= 4 is 35.1 Å². The predicted molar refractivity (Wildman–Crippen MR) is 117 cm³/mol. The number of hydrogen-bond donors (Lipinski definition) is 2. The molecule has 2 aromatic rings. The van der Waals surface area contributed by atoms with E-state index in [1.54, 1.807) is 44.4 Å². The molecule has 0 radical (unpaired) electrons. The van der Waals surface area contributed by atoms with Crippen molar-refractivity contribution in [2.24, 2.45) is 0 Å². The Kier molecular flexibility index (Phi) is 6.40. The van der Waals surface area contributed by atoms with E-state index in [1.807, 2.05) is 6.92 Å². The van der Waals surface area contributed by atoms with Crippen molar-refractivity contribution in [3.63, 3.8) is 0 Å². The van der Waals surface area contributed by atoms with Gasteiger partial charge in [0.1, 0.15) is 23.6 Å². The van der Waals surface area contributed by atoms with Crippen LogP contribution in [0.25, 0.3) is 0 Å². The van der Waals surface area contributed by atoms with E-state index in [4.69, 9.17) is 21.1 Å². The minimum atomic E-state index is -1.25. The van der Waals surface area contributed by atoms with Crippen LogP contribution in [0.4, 0.5) is 10.5 Å². The lowest BCUT2D eigenvalue weighted by atomic mass is 9.86. The Morgan fingerprint density at radius 2 is 1.81 bits per heavy atom. The van der Waals surface area contributed by atoms with Crippen LogP contribution in [0.1, 0.15) is 24.5 Å². The quantitative estimate of drug-likeness (QED) is 0.636. The molecule has 0 bridgehead atoms. The van der Waals surface area contributed by atoms with Crippen molar-refractivity contribution in [3.05, 3.63) is 52.5 Å². The molecule has 3 rings (SSSR count). The Hall–Kier alpha value is -3.26. The second-order valence-electron chi connectivity index (χ2n) is 7.16. The molecule has 0 aliphatic carbocycles. The van der Waals surface area contributed by atoms with E-state index < -0.39 is 29.9 Å². The van der Waals surface area contributed by atoms with Crippen molar-refractivity contribution in [2.45, 2.75) is 25.8 Å². The number of carbonyl (C=O) groups is 3. The molecule has 0 aromatic heterocycles. The third kappa shape index (κ3) is 4.16. The van der Waals surface area contributed by atoms with E-state index in [-0.39, 0.29) is 0 Å². The molecule has 1 saturated heterocycles. The van der Waals surface area contributed by atoms with Gasteiger partial charge in [-0.1, -0.05) is 24.6 Å². The first-order valence-corrected chi connectivity index (χ1v) is 10.1. The van der Waals surface area contributed by atoms with Gasteiger partial charge in [-0.15, -0.1) is 0 Å². The summed E-state index contributed by atoms with van der Waals surface area (Å²) >= 11 is 5.99. The van der Waals surface area contributed by atoms with Gasteiger partial charge < -0.3 is 20.1 Å². The van der Waals surface area contributed by atoms with Crippen molar-refractivity contribution in [2.75, 3.05) is 26.1 Å². The Balaban J connectivity index is 1.83. The first-order chi connectivity index (χ1) is 14.7. The highest BCUT2D eigenvalue weighted by Gasteiger charge is 2.51. The summed E-state index contributed by atoms with van der Waals surface area (Å²) in [6.07, 6.45) is 0.323. The highest BCUT2D eigenvalue weighted by atomic mass is 35.5. The summed E-state index contributed by atoms with van der Waals surface area (Å²) in [5.41, 5.74) is 0.562. The lowest BCUT2D eigenvalue weighted by Gasteiger charge is -2.26.